The quantitative estimate of drug-likeness (QED) is 0.774. The summed E-state index contributed by atoms with van der Waals surface area (Å²) in [5.41, 5.74) is 0.575. The maximum absolute atomic E-state index is 12.4. The molecule has 2 aromatic rings. The highest BCUT2D eigenvalue weighted by molar-refractivity contribution is 5.69. The van der Waals surface area contributed by atoms with Gasteiger partial charge in [0.2, 0.25) is 0 Å². The average molecular weight is 290 g/mol. The summed E-state index contributed by atoms with van der Waals surface area (Å²) in [6.45, 7) is 9.29. The highest BCUT2D eigenvalue weighted by Gasteiger charge is 2.17. The molecular weight excluding hydrogens is 272 g/mol. The maximum Gasteiger partial charge on any atom is 0.327 e. The van der Waals surface area contributed by atoms with E-state index >= 15 is 0 Å². The molecule has 2 aromatic heterocycles. The molecule has 0 aliphatic heterocycles. The van der Waals surface area contributed by atoms with Gasteiger partial charge in [0.15, 0.2) is 5.82 Å². The first-order chi connectivity index (χ1) is 9.97. The van der Waals surface area contributed by atoms with E-state index in [1.54, 1.807) is 19.1 Å². The van der Waals surface area contributed by atoms with E-state index in [0.717, 1.165) is 4.68 Å². The van der Waals surface area contributed by atoms with Gasteiger partial charge in [0.1, 0.15) is 12.1 Å². The molecule has 0 aromatic carbocycles. The molecule has 0 fully saturated rings. The molecule has 2 heterocycles. The van der Waals surface area contributed by atoms with Crippen LogP contribution in [0.1, 0.15) is 38.2 Å². The van der Waals surface area contributed by atoms with E-state index in [4.69, 9.17) is 4.74 Å². The number of ether oxygens (including phenoxy) is 1. The summed E-state index contributed by atoms with van der Waals surface area (Å²) in [5.74, 6) is 0.149. The minimum absolute atomic E-state index is 0.0408. The fourth-order valence-corrected chi connectivity index (χ4v) is 1.97. The Morgan fingerprint density at radius 2 is 2.19 bits per heavy atom. The standard InChI is InChI=1S/C14H18N4O3/c1-5-10-7-11-14(20)17(8-12(19)21-6-2)16-13(9(3)4)18(11)15-10/h5,7,9H,1,6,8H2,2-4H3. The second-order valence-electron chi connectivity index (χ2n) is 4.85. The summed E-state index contributed by atoms with van der Waals surface area (Å²) >= 11 is 0. The van der Waals surface area contributed by atoms with Crippen LogP contribution in [-0.2, 0) is 16.1 Å². The lowest BCUT2D eigenvalue weighted by atomic mass is 10.2. The van der Waals surface area contributed by atoms with Crippen molar-refractivity contribution in [2.24, 2.45) is 0 Å². The van der Waals surface area contributed by atoms with Crippen LogP contribution in [0, 0.1) is 0 Å². The highest BCUT2D eigenvalue weighted by atomic mass is 16.5. The number of hydrogen-bond acceptors (Lipinski definition) is 5. The molecule has 21 heavy (non-hydrogen) atoms. The maximum atomic E-state index is 12.4. The average Bonchev–Trinajstić information content (AvgIpc) is 2.86. The number of carbonyl (C=O) groups is 1. The SMILES string of the molecule is C=Cc1cc2c(=O)n(CC(=O)OCC)nc(C(C)C)n2n1. The normalized spacial score (nSPS) is 11.0. The monoisotopic (exact) mass is 290 g/mol. The number of aromatic nitrogens is 4. The number of nitrogens with zero attached hydrogens (tertiary/aromatic N) is 4. The van der Waals surface area contributed by atoms with Gasteiger partial charge in [-0.15, -0.1) is 0 Å². The van der Waals surface area contributed by atoms with Gasteiger partial charge in [-0.1, -0.05) is 20.4 Å². The Kier molecular flexibility index (Phi) is 4.21. The van der Waals surface area contributed by atoms with Crippen molar-refractivity contribution >= 4 is 17.6 Å². The summed E-state index contributed by atoms with van der Waals surface area (Å²) in [6, 6.07) is 1.63. The Labute approximate surface area is 121 Å². The zero-order valence-corrected chi connectivity index (χ0v) is 12.4. The van der Waals surface area contributed by atoms with E-state index < -0.39 is 5.97 Å². The van der Waals surface area contributed by atoms with Crippen LogP contribution in [0.25, 0.3) is 11.6 Å². The Hall–Kier alpha value is -2.44. The fourth-order valence-electron chi connectivity index (χ4n) is 1.97. The van der Waals surface area contributed by atoms with Gasteiger partial charge >= 0.3 is 5.97 Å². The minimum Gasteiger partial charge on any atom is -0.465 e. The van der Waals surface area contributed by atoms with Crippen molar-refractivity contribution in [1.82, 2.24) is 19.4 Å². The second kappa shape index (κ2) is 5.90. The van der Waals surface area contributed by atoms with Crippen LogP contribution in [0.4, 0.5) is 0 Å². The van der Waals surface area contributed by atoms with Crippen molar-refractivity contribution in [3.63, 3.8) is 0 Å². The first kappa shape index (κ1) is 15.0. The molecule has 0 radical (unpaired) electrons. The third kappa shape index (κ3) is 2.86. The van der Waals surface area contributed by atoms with Gasteiger partial charge in [-0.25, -0.2) is 9.20 Å². The molecule has 7 heteroatoms. The molecule has 0 saturated heterocycles. The number of carbonyl (C=O) groups excluding carboxylic acids is 1. The summed E-state index contributed by atoms with van der Waals surface area (Å²) < 4.78 is 7.49. The van der Waals surface area contributed by atoms with Gasteiger partial charge in [0, 0.05) is 5.92 Å². The van der Waals surface area contributed by atoms with Crippen molar-refractivity contribution < 1.29 is 9.53 Å². The number of fused-ring (bicyclic) bond motifs is 1. The summed E-state index contributed by atoms with van der Waals surface area (Å²) in [7, 11) is 0. The Bertz CT molecular complexity index is 742. The molecule has 7 nitrogen and oxygen atoms in total. The second-order valence-corrected chi connectivity index (χ2v) is 4.85. The topological polar surface area (TPSA) is 78.5 Å². The van der Waals surface area contributed by atoms with Gasteiger partial charge < -0.3 is 4.74 Å². The van der Waals surface area contributed by atoms with Gasteiger partial charge in [-0.05, 0) is 19.1 Å². The van der Waals surface area contributed by atoms with Crippen molar-refractivity contribution in [2.45, 2.75) is 33.2 Å². The molecule has 0 spiro atoms. The summed E-state index contributed by atoms with van der Waals surface area (Å²) in [4.78, 5) is 24.0. The van der Waals surface area contributed by atoms with E-state index in [-0.39, 0.29) is 24.6 Å². The van der Waals surface area contributed by atoms with Crippen LogP contribution in [0.2, 0.25) is 0 Å². The van der Waals surface area contributed by atoms with Crippen LogP contribution in [-0.4, -0.2) is 32.0 Å². The first-order valence-electron chi connectivity index (χ1n) is 6.76. The molecule has 112 valence electrons. The molecule has 2 rings (SSSR count). The van der Waals surface area contributed by atoms with Gasteiger partial charge in [0.05, 0.1) is 12.3 Å². The van der Waals surface area contributed by atoms with Gasteiger partial charge in [-0.2, -0.15) is 10.2 Å². The zero-order valence-electron chi connectivity index (χ0n) is 12.4. The Morgan fingerprint density at radius 3 is 2.76 bits per heavy atom. The lowest BCUT2D eigenvalue weighted by Gasteiger charge is -2.11. The van der Waals surface area contributed by atoms with Crippen LogP contribution in [0.3, 0.4) is 0 Å². The number of rotatable bonds is 5. The number of esters is 1. The molecule has 0 N–H and O–H groups in total. The number of hydrogen-bond donors (Lipinski definition) is 0. The zero-order chi connectivity index (χ0) is 15.6. The first-order valence-corrected chi connectivity index (χ1v) is 6.76. The molecule has 0 aliphatic rings. The predicted octanol–water partition coefficient (Wildman–Crippen LogP) is 1.22. The van der Waals surface area contributed by atoms with Gasteiger partial charge in [0.25, 0.3) is 5.56 Å². The Balaban J connectivity index is 2.61. The summed E-state index contributed by atoms with van der Waals surface area (Å²) in [5, 5.41) is 8.52. The molecular formula is C14H18N4O3. The van der Waals surface area contributed by atoms with Crippen molar-refractivity contribution in [3.8, 4) is 0 Å². The molecule has 0 unspecified atom stereocenters. The fraction of sp³-hybridized carbons (Fsp3) is 0.429. The van der Waals surface area contributed by atoms with Gasteiger partial charge in [-0.3, -0.25) is 9.59 Å². The van der Waals surface area contributed by atoms with E-state index in [1.807, 2.05) is 13.8 Å². The molecule has 0 saturated carbocycles. The largest absolute Gasteiger partial charge is 0.465 e. The molecule has 0 amide bonds. The third-order valence-corrected chi connectivity index (χ3v) is 2.93. The van der Waals surface area contributed by atoms with Crippen LogP contribution >= 0.6 is 0 Å². The van der Waals surface area contributed by atoms with Crippen molar-refractivity contribution in [3.05, 3.63) is 34.5 Å². The highest BCUT2D eigenvalue weighted by Crippen LogP contribution is 2.13. The predicted molar refractivity (Wildman–Crippen MR) is 78.1 cm³/mol. The molecule has 0 bridgehead atoms. The van der Waals surface area contributed by atoms with Crippen molar-refractivity contribution in [2.75, 3.05) is 6.61 Å². The smallest absolute Gasteiger partial charge is 0.327 e. The van der Waals surface area contributed by atoms with Crippen molar-refractivity contribution in [1.29, 1.82) is 0 Å². The van der Waals surface area contributed by atoms with Crippen LogP contribution in [0.5, 0.6) is 0 Å². The van der Waals surface area contributed by atoms with Crippen LogP contribution < -0.4 is 5.56 Å². The lowest BCUT2D eigenvalue weighted by molar-refractivity contribution is -0.144. The third-order valence-electron chi connectivity index (χ3n) is 2.93. The Morgan fingerprint density at radius 1 is 1.48 bits per heavy atom. The van der Waals surface area contributed by atoms with E-state index in [2.05, 4.69) is 16.8 Å². The van der Waals surface area contributed by atoms with E-state index in [9.17, 15) is 9.59 Å². The lowest BCUT2D eigenvalue weighted by Crippen LogP contribution is -2.31. The van der Waals surface area contributed by atoms with E-state index in [1.165, 1.54) is 4.52 Å². The van der Waals surface area contributed by atoms with Crippen LogP contribution in [0.15, 0.2) is 17.4 Å². The molecule has 0 atom stereocenters. The molecule has 0 aliphatic carbocycles. The minimum atomic E-state index is -0.491. The van der Waals surface area contributed by atoms with E-state index in [0.29, 0.717) is 17.0 Å². The summed E-state index contributed by atoms with van der Waals surface area (Å²) in [6.07, 6.45) is 1.56.